The van der Waals surface area contributed by atoms with E-state index in [1.807, 2.05) is 18.2 Å². The van der Waals surface area contributed by atoms with Crippen LogP contribution in [0.15, 0.2) is 34.8 Å². The molecule has 0 spiro atoms. The predicted molar refractivity (Wildman–Crippen MR) is 85.5 cm³/mol. The smallest absolute Gasteiger partial charge is 0.129 e. The Morgan fingerprint density at radius 1 is 1.00 bits per heavy atom. The monoisotopic (exact) mass is 384 g/mol. The lowest BCUT2D eigenvalue weighted by molar-refractivity contribution is 0.608. The first-order valence-corrected chi connectivity index (χ1v) is 7.77. The molecule has 0 saturated carbocycles. The summed E-state index contributed by atoms with van der Waals surface area (Å²) in [5.74, 6) is -0.119. The molecule has 0 N–H and O–H groups in total. The maximum absolute atomic E-state index is 13.7. The van der Waals surface area contributed by atoms with Crippen LogP contribution in [0.4, 0.5) is 4.39 Å². The van der Waals surface area contributed by atoms with Crippen molar-refractivity contribution in [3.63, 3.8) is 0 Å². The first kappa shape index (κ1) is 14.7. The van der Waals surface area contributed by atoms with Gasteiger partial charge in [0.15, 0.2) is 0 Å². The molecule has 0 aliphatic rings. The van der Waals surface area contributed by atoms with E-state index in [-0.39, 0.29) is 10.6 Å². The molecule has 0 aliphatic carbocycles. The SMILES string of the molecule is Cc1ccc(Br)c(C(Br)c2cc(C)c(F)c(C)c2)c1. The van der Waals surface area contributed by atoms with Crippen molar-refractivity contribution in [2.24, 2.45) is 0 Å². The zero-order chi connectivity index (χ0) is 14.2. The number of hydrogen-bond acceptors (Lipinski definition) is 0. The second-order valence-corrected chi connectivity index (χ2v) is 6.63. The van der Waals surface area contributed by atoms with Crippen LogP contribution in [-0.4, -0.2) is 0 Å². The Bertz CT molecular complexity index is 597. The lowest BCUT2D eigenvalue weighted by Crippen LogP contribution is -1.98. The van der Waals surface area contributed by atoms with E-state index >= 15 is 0 Å². The van der Waals surface area contributed by atoms with Crippen molar-refractivity contribution < 1.29 is 4.39 Å². The van der Waals surface area contributed by atoms with E-state index < -0.39 is 0 Å². The highest BCUT2D eigenvalue weighted by atomic mass is 79.9. The van der Waals surface area contributed by atoms with Gasteiger partial charge in [-0.3, -0.25) is 0 Å². The Labute approximate surface area is 130 Å². The Morgan fingerprint density at radius 2 is 1.58 bits per heavy atom. The van der Waals surface area contributed by atoms with Gasteiger partial charge in [-0.25, -0.2) is 4.39 Å². The predicted octanol–water partition coefficient (Wildman–Crippen LogP) is 6.00. The molecule has 0 nitrogen and oxygen atoms in total. The normalized spacial score (nSPS) is 12.5. The van der Waals surface area contributed by atoms with Crippen molar-refractivity contribution in [1.29, 1.82) is 0 Å². The number of alkyl halides is 1. The third-order valence-corrected chi connectivity index (χ3v) is 4.92. The van der Waals surface area contributed by atoms with E-state index in [9.17, 15) is 4.39 Å². The molecule has 3 heteroatoms. The highest BCUT2D eigenvalue weighted by molar-refractivity contribution is 9.11. The van der Waals surface area contributed by atoms with Crippen molar-refractivity contribution in [3.05, 3.63) is 68.4 Å². The minimum atomic E-state index is -0.119. The van der Waals surface area contributed by atoms with Crippen LogP contribution in [0, 0.1) is 26.6 Å². The van der Waals surface area contributed by atoms with Crippen LogP contribution in [0.3, 0.4) is 0 Å². The molecular weight excluding hydrogens is 371 g/mol. The molecule has 0 radical (unpaired) electrons. The lowest BCUT2D eigenvalue weighted by Gasteiger charge is -2.15. The summed E-state index contributed by atoms with van der Waals surface area (Å²) in [4.78, 5) is 0.0553. The first-order valence-electron chi connectivity index (χ1n) is 6.07. The number of hydrogen-bond donors (Lipinski definition) is 0. The van der Waals surface area contributed by atoms with Crippen LogP contribution >= 0.6 is 31.9 Å². The molecule has 0 aliphatic heterocycles. The molecule has 0 amide bonds. The van der Waals surface area contributed by atoms with Crippen LogP contribution in [0.2, 0.25) is 0 Å². The topological polar surface area (TPSA) is 0 Å². The molecule has 2 aromatic rings. The minimum absolute atomic E-state index is 0.0553. The van der Waals surface area contributed by atoms with Gasteiger partial charge in [0, 0.05) is 4.47 Å². The van der Waals surface area contributed by atoms with Crippen molar-refractivity contribution >= 4 is 31.9 Å². The highest BCUT2D eigenvalue weighted by Gasteiger charge is 2.16. The zero-order valence-electron chi connectivity index (χ0n) is 11.1. The fraction of sp³-hybridized carbons (Fsp3) is 0.250. The summed E-state index contributed by atoms with van der Waals surface area (Å²) in [5, 5.41) is 0. The second-order valence-electron chi connectivity index (χ2n) is 4.86. The van der Waals surface area contributed by atoms with Gasteiger partial charge in [-0.2, -0.15) is 0 Å². The van der Waals surface area contributed by atoms with Crippen LogP contribution in [0.5, 0.6) is 0 Å². The Balaban J connectivity index is 2.49. The third kappa shape index (κ3) is 3.09. The van der Waals surface area contributed by atoms with Gasteiger partial charge in [-0.05, 0) is 49.1 Å². The molecule has 100 valence electrons. The fourth-order valence-electron chi connectivity index (χ4n) is 2.16. The van der Waals surface area contributed by atoms with E-state index in [1.165, 1.54) is 5.56 Å². The number of halogens is 3. The van der Waals surface area contributed by atoms with Gasteiger partial charge in [0.1, 0.15) is 5.82 Å². The highest BCUT2D eigenvalue weighted by Crippen LogP contribution is 2.37. The number of benzene rings is 2. The summed E-state index contributed by atoms with van der Waals surface area (Å²) in [6.07, 6.45) is 0. The first-order chi connectivity index (χ1) is 8.90. The molecule has 0 fully saturated rings. The fourth-order valence-corrected chi connectivity index (χ4v) is 3.59. The minimum Gasteiger partial charge on any atom is -0.206 e. The quantitative estimate of drug-likeness (QED) is 0.556. The third-order valence-electron chi connectivity index (χ3n) is 3.18. The molecule has 0 aromatic heterocycles. The summed E-state index contributed by atoms with van der Waals surface area (Å²) in [6.45, 7) is 5.67. The van der Waals surface area contributed by atoms with Crippen molar-refractivity contribution in [1.82, 2.24) is 0 Å². The Hall–Kier alpha value is -0.670. The van der Waals surface area contributed by atoms with E-state index in [4.69, 9.17) is 0 Å². The van der Waals surface area contributed by atoms with Crippen LogP contribution < -0.4 is 0 Å². The molecule has 1 atom stereocenters. The van der Waals surface area contributed by atoms with E-state index in [0.717, 1.165) is 15.6 Å². The number of rotatable bonds is 2. The van der Waals surface area contributed by atoms with Crippen molar-refractivity contribution in [2.45, 2.75) is 25.6 Å². The van der Waals surface area contributed by atoms with Gasteiger partial charge in [0.05, 0.1) is 4.83 Å². The average Bonchev–Trinajstić information content (AvgIpc) is 2.37. The Morgan fingerprint density at radius 3 is 2.16 bits per heavy atom. The average molecular weight is 386 g/mol. The van der Waals surface area contributed by atoms with Crippen molar-refractivity contribution in [2.75, 3.05) is 0 Å². The van der Waals surface area contributed by atoms with Gasteiger partial charge in [0.25, 0.3) is 0 Å². The molecular formula is C16H15Br2F. The van der Waals surface area contributed by atoms with Crippen LogP contribution in [0.25, 0.3) is 0 Å². The van der Waals surface area contributed by atoms with Gasteiger partial charge in [-0.1, -0.05) is 61.7 Å². The molecule has 0 heterocycles. The van der Waals surface area contributed by atoms with E-state index in [1.54, 1.807) is 13.8 Å². The van der Waals surface area contributed by atoms with Gasteiger partial charge in [0.2, 0.25) is 0 Å². The maximum Gasteiger partial charge on any atom is 0.129 e. The Kier molecular flexibility index (Phi) is 4.46. The summed E-state index contributed by atoms with van der Waals surface area (Å²) in [5.41, 5.74) is 4.80. The van der Waals surface area contributed by atoms with Crippen LogP contribution in [-0.2, 0) is 0 Å². The summed E-state index contributed by atoms with van der Waals surface area (Å²) in [7, 11) is 0. The molecule has 1 unspecified atom stereocenters. The summed E-state index contributed by atoms with van der Waals surface area (Å²) in [6, 6.07) is 10.0. The van der Waals surface area contributed by atoms with Gasteiger partial charge < -0.3 is 0 Å². The van der Waals surface area contributed by atoms with Crippen LogP contribution in [0.1, 0.15) is 32.6 Å². The molecule has 2 aromatic carbocycles. The molecule has 2 rings (SSSR count). The summed E-state index contributed by atoms with van der Waals surface area (Å²) >= 11 is 7.30. The lowest BCUT2D eigenvalue weighted by atomic mass is 9.99. The summed E-state index contributed by atoms with van der Waals surface area (Å²) < 4.78 is 14.8. The number of aryl methyl sites for hydroxylation is 3. The van der Waals surface area contributed by atoms with Crippen molar-refractivity contribution in [3.8, 4) is 0 Å². The molecule has 0 saturated heterocycles. The largest absolute Gasteiger partial charge is 0.206 e. The molecule has 19 heavy (non-hydrogen) atoms. The van der Waals surface area contributed by atoms with E-state index in [2.05, 4.69) is 50.9 Å². The van der Waals surface area contributed by atoms with Gasteiger partial charge >= 0.3 is 0 Å². The van der Waals surface area contributed by atoms with E-state index in [0.29, 0.717) is 11.1 Å². The molecule has 0 bridgehead atoms. The second kappa shape index (κ2) is 5.76. The standard InChI is InChI=1S/C16H15Br2F/c1-9-4-5-14(17)13(6-9)15(18)12-7-10(2)16(19)11(3)8-12/h4-8,15H,1-3H3. The zero-order valence-corrected chi connectivity index (χ0v) is 14.3. The maximum atomic E-state index is 13.7. The van der Waals surface area contributed by atoms with Gasteiger partial charge in [-0.15, -0.1) is 0 Å².